The second-order valence-electron chi connectivity index (χ2n) is 4.57. The van der Waals surface area contributed by atoms with Crippen LogP contribution in [0.5, 0.6) is 5.75 Å². The number of rotatable bonds is 2. The maximum absolute atomic E-state index is 6.31. The van der Waals surface area contributed by atoms with Gasteiger partial charge in [-0.15, -0.1) is 0 Å². The van der Waals surface area contributed by atoms with Gasteiger partial charge in [-0.2, -0.15) is 0 Å². The first-order valence-corrected chi connectivity index (χ1v) is 6.87. The topological polar surface area (TPSA) is 35.2 Å². The normalized spacial score (nSPS) is 21.0. The quantitative estimate of drug-likeness (QED) is 0.913. The van der Waals surface area contributed by atoms with E-state index in [1.807, 2.05) is 36.4 Å². The van der Waals surface area contributed by atoms with Crippen LogP contribution in [0.1, 0.15) is 17.0 Å². The van der Waals surface area contributed by atoms with Gasteiger partial charge in [0.05, 0.1) is 5.92 Å². The minimum Gasteiger partial charge on any atom is -0.488 e. The molecule has 0 saturated heterocycles. The first kappa shape index (κ1) is 12.8. The monoisotopic (exact) mass is 293 g/mol. The largest absolute Gasteiger partial charge is 0.488 e. The van der Waals surface area contributed by atoms with Crippen molar-refractivity contribution in [1.29, 1.82) is 0 Å². The molecule has 0 spiro atoms. The molecule has 0 radical (unpaired) electrons. The van der Waals surface area contributed by atoms with Crippen LogP contribution in [-0.2, 0) is 0 Å². The van der Waals surface area contributed by atoms with E-state index >= 15 is 0 Å². The van der Waals surface area contributed by atoms with Crippen LogP contribution in [0.15, 0.2) is 42.5 Å². The summed E-state index contributed by atoms with van der Waals surface area (Å²) in [5.41, 5.74) is 7.91. The van der Waals surface area contributed by atoms with Crippen LogP contribution >= 0.6 is 23.2 Å². The molecule has 2 N–H and O–H groups in total. The Morgan fingerprint density at radius 1 is 1.05 bits per heavy atom. The number of benzene rings is 2. The summed E-state index contributed by atoms with van der Waals surface area (Å²) in [6, 6.07) is 13.4. The lowest BCUT2D eigenvalue weighted by atomic mass is 9.88. The number of ether oxygens (including phenoxy) is 1. The van der Waals surface area contributed by atoms with Crippen molar-refractivity contribution < 1.29 is 4.74 Å². The summed E-state index contributed by atoms with van der Waals surface area (Å²) >= 11 is 12.4. The molecule has 0 bridgehead atoms. The van der Waals surface area contributed by atoms with Crippen molar-refractivity contribution in [3.63, 3.8) is 0 Å². The highest BCUT2D eigenvalue weighted by Crippen LogP contribution is 2.44. The van der Waals surface area contributed by atoms with Gasteiger partial charge in [0.2, 0.25) is 0 Å². The van der Waals surface area contributed by atoms with Gasteiger partial charge in [-0.1, -0.05) is 41.4 Å². The Morgan fingerprint density at radius 3 is 2.63 bits per heavy atom. The third-order valence-corrected chi connectivity index (χ3v) is 4.01. The predicted molar refractivity (Wildman–Crippen MR) is 78.2 cm³/mol. The van der Waals surface area contributed by atoms with E-state index in [0.29, 0.717) is 16.6 Å². The van der Waals surface area contributed by atoms with Gasteiger partial charge in [0.15, 0.2) is 0 Å². The molecule has 0 amide bonds. The molecule has 0 aliphatic carbocycles. The molecule has 2 unspecified atom stereocenters. The van der Waals surface area contributed by atoms with Gasteiger partial charge in [-0.25, -0.2) is 0 Å². The number of fused-ring (bicyclic) bond motifs is 1. The molecule has 2 aromatic rings. The van der Waals surface area contributed by atoms with E-state index in [1.165, 1.54) is 0 Å². The van der Waals surface area contributed by atoms with E-state index < -0.39 is 0 Å². The number of hydrogen-bond acceptors (Lipinski definition) is 2. The molecule has 4 heteroatoms. The highest BCUT2D eigenvalue weighted by Gasteiger charge is 2.35. The summed E-state index contributed by atoms with van der Waals surface area (Å²) < 4.78 is 5.89. The van der Waals surface area contributed by atoms with E-state index in [4.69, 9.17) is 33.7 Å². The third kappa shape index (κ3) is 2.20. The predicted octanol–water partition coefficient (Wildman–Crippen LogP) is 3.85. The Labute approximate surface area is 122 Å². The maximum atomic E-state index is 6.31. The molecule has 1 aliphatic rings. The average molecular weight is 294 g/mol. The van der Waals surface area contributed by atoms with Crippen molar-refractivity contribution >= 4 is 23.2 Å². The zero-order valence-corrected chi connectivity index (χ0v) is 11.7. The molecular weight excluding hydrogens is 281 g/mol. The summed E-state index contributed by atoms with van der Waals surface area (Å²) in [4.78, 5) is 0. The first-order chi connectivity index (χ1) is 9.20. The summed E-state index contributed by atoms with van der Waals surface area (Å²) in [5, 5.41) is 1.35. The number of nitrogens with two attached hydrogens (primary N) is 1. The summed E-state index contributed by atoms with van der Waals surface area (Å²) in [7, 11) is 0. The molecule has 2 aromatic carbocycles. The Hall–Kier alpha value is -1.22. The van der Waals surface area contributed by atoms with Gasteiger partial charge in [0, 0.05) is 22.2 Å². The smallest absolute Gasteiger partial charge is 0.123 e. The van der Waals surface area contributed by atoms with Crippen molar-refractivity contribution in [2.24, 2.45) is 5.73 Å². The lowest BCUT2D eigenvalue weighted by molar-refractivity contribution is 0.226. The van der Waals surface area contributed by atoms with E-state index in [0.717, 1.165) is 16.9 Å². The van der Waals surface area contributed by atoms with Crippen LogP contribution in [0, 0.1) is 0 Å². The van der Waals surface area contributed by atoms with Crippen LogP contribution in [0.2, 0.25) is 10.0 Å². The fourth-order valence-electron chi connectivity index (χ4n) is 2.58. The van der Waals surface area contributed by atoms with Gasteiger partial charge in [-0.3, -0.25) is 0 Å². The summed E-state index contributed by atoms with van der Waals surface area (Å²) in [5.74, 6) is 0.909. The molecular formula is C15H13Cl2NO. The van der Waals surface area contributed by atoms with Gasteiger partial charge >= 0.3 is 0 Å². The SMILES string of the molecule is NCC1Oc2ccccc2C1c1cc(Cl)ccc1Cl. The Balaban J connectivity index is 2.14. The molecule has 0 saturated carbocycles. The lowest BCUT2D eigenvalue weighted by Gasteiger charge is -2.19. The third-order valence-electron chi connectivity index (χ3n) is 3.43. The fourth-order valence-corrected chi connectivity index (χ4v) is 3.00. The van der Waals surface area contributed by atoms with Crippen molar-refractivity contribution in [2.45, 2.75) is 12.0 Å². The average Bonchev–Trinajstić information content (AvgIpc) is 2.80. The number of para-hydroxylation sites is 1. The van der Waals surface area contributed by atoms with Gasteiger partial charge in [0.25, 0.3) is 0 Å². The molecule has 2 nitrogen and oxygen atoms in total. The Bertz CT molecular complexity index is 615. The van der Waals surface area contributed by atoms with Crippen LogP contribution < -0.4 is 10.5 Å². The van der Waals surface area contributed by atoms with Crippen LogP contribution in [0.3, 0.4) is 0 Å². The zero-order chi connectivity index (χ0) is 13.4. The molecule has 3 rings (SSSR count). The van der Waals surface area contributed by atoms with Crippen LogP contribution in [0.25, 0.3) is 0 Å². The highest BCUT2D eigenvalue weighted by atomic mass is 35.5. The molecule has 1 heterocycles. The molecule has 19 heavy (non-hydrogen) atoms. The van der Waals surface area contributed by atoms with E-state index in [-0.39, 0.29) is 12.0 Å². The van der Waals surface area contributed by atoms with Crippen molar-refractivity contribution in [3.05, 3.63) is 63.6 Å². The molecule has 0 aromatic heterocycles. The molecule has 2 atom stereocenters. The standard InChI is InChI=1S/C15H13Cl2NO/c16-9-5-6-12(17)11(7-9)15-10-3-1-2-4-13(10)19-14(15)8-18/h1-7,14-15H,8,18H2. The minimum absolute atomic E-state index is 0.0346. The molecule has 98 valence electrons. The number of hydrogen-bond donors (Lipinski definition) is 1. The highest BCUT2D eigenvalue weighted by molar-refractivity contribution is 6.33. The van der Waals surface area contributed by atoms with Crippen molar-refractivity contribution in [3.8, 4) is 5.75 Å². The summed E-state index contributed by atoms with van der Waals surface area (Å²) in [6.07, 6.45) is -0.103. The van der Waals surface area contributed by atoms with Gasteiger partial charge < -0.3 is 10.5 Å². The van der Waals surface area contributed by atoms with E-state index in [9.17, 15) is 0 Å². The first-order valence-electron chi connectivity index (χ1n) is 6.11. The molecule has 0 fully saturated rings. The maximum Gasteiger partial charge on any atom is 0.123 e. The fraction of sp³-hybridized carbons (Fsp3) is 0.200. The van der Waals surface area contributed by atoms with Gasteiger partial charge in [-0.05, 0) is 29.8 Å². The summed E-state index contributed by atoms with van der Waals surface area (Å²) in [6.45, 7) is 0.433. The second-order valence-corrected chi connectivity index (χ2v) is 5.42. The zero-order valence-electron chi connectivity index (χ0n) is 10.1. The Kier molecular flexibility index (Phi) is 3.40. The van der Waals surface area contributed by atoms with Crippen molar-refractivity contribution in [1.82, 2.24) is 0 Å². The van der Waals surface area contributed by atoms with Crippen LogP contribution in [0.4, 0.5) is 0 Å². The van der Waals surface area contributed by atoms with E-state index in [2.05, 4.69) is 0 Å². The number of halogens is 2. The van der Waals surface area contributed by atoms with Crippen LogP contribution in [-0.4, -0.2) is 12.6 Å². The minimum atomic E-state index is -0.103. The van der Waals surface area contributed by atoms with E-state index in [1.54, 1.807) is 6.07 Å². The lowest BCUT2D eigenvalue weighted by Crippen LogP contribution is -2.29. The molecule has 1 aliphatic heterocycles. The Morgan fingerprint density at radius 2 is 1.84 bits per heavy atom. The van der Waals surface area contributed by atoms with Crippen molar-refractivity contribution in [2.75, 3.05) is 6.54 Å². The second kappa shape index (κ2) is 5.04. The van der Waals surface area contributed by atoms with Gasteiger partial charge in [0.1, 0.15) is 11.9 Å².